The van der Waals surface area contributed by atoms with Crippen molar-refractivity contribution in [3.05, 3.63) is 0 Å². The summed E-state index contributed by atoms with van der Waals surface area (Å²) in [4.78, 5) is 24.2. The highest BCUT2D eigenvalue weighted by atomic mass is 16.4. The summed E-state index contributed by atoms with van der Waals surface area (Å²) >= 11 is 0. The molecule has 0 aromatic rings. The maximum Gasteiger partial charge on any atom is 0.327 e. The number of piperidine rings is 1. The third kappa shape index (κ3) is 4.00. The fourth-order valence-electron chi connectivity index (χ4n) is 2.48. The van der Waals surface area contributed by atoms with Gasteiger partial charge in [0.2, 0.25) is 5.91 Å². The molecule has 0 spiro atoms. The van der Waals surface area contributed by atoms with Crippen LogP contribution in [-0.4, -0.2) is 46.6 Å². The Hall–Kier alpha value is -1.10. The number of likely N-dealkylation sites (tertiary alicyclic amines) is 1. The van der Waals surface area contributed by atoms with Crippen molar-refractivity contribution in [2.24, 2.45) is 0 Å². The largest absolute Gasteiger partial charge is 0.480 e. The van der Waals surface area contributed by atoms with Crippen LogP contribution in [0.1, 0.15) is 40.0 Å². The van der Waals surface area contributed by atoms with Gasteiger partial charge in [-0.3, -0.25) is 9.69 Å². The van der Waals surface area contributed by atoms with Gasteiger partial charge in [-0.05, 0) is 26.7 Å². The quantitative estimate of drug-likeness (QED) is 0.766. The smallest absolute Gasteiger partial charge is 0.327 e. The number of carboxylic acid groups (broad SMARTS) is 1. The van der Waals surface area contributed by atoms with Crippen LogP contribution < -0.4 is 5.32 Å². The number of rotatable bonds is 4. The summed E-state index contributed by atoms with van der Waals surface area (Å²) in [6, 6.07) is -0.0424. The van der Waals surface area contributed by atoms with E-state index >= 15 is 0 Å². The summed E-state index contributed by atoms with van der Waals surface area (Å²) in [6.07, 6.45) is 3.38. The number of carboxylic acids is 1. The van der Waals surface area contributed by atoms with E-state index in [4.69, 9.17) is 5.11 Å². The third-order valence-corrected chi connectivity index (χ3v) is 3.45. The molecular weight excluding hydrogens is 220 g/mol. The molecule has 1 aliphatic rings. The van der Waals surface area contributed by atoms with Crippen LogP contribution in [-0.2, 0) is 9.59 Å². The molecule has 1 amide bonds. The lowest BCUT2D eigenvalue weighted by Gasteiger charge is -2.40. The van der Waals surface area contributed by atoms with Crippen molar-refractivity contribution in [2.75, 3.05) is 6.54 Å². The van der Waals surface area contributed by atoms with E-state index in [-0.39, 0.29) is 5.91 Å². The molecule has 0 radical (unpaired) electrons. The van der Waals surface area contributed by atoms with Crippen LogP contribution in [0.2, 0.25) is 0 Å². The monoisotopic (exact) mass is 242 g/mol. The lowest BCUT2D eigenvalue weighted by atomic mass is 9.97. The minimum atomic E-state index is -0.967. The van der Waals surface area contributed by atoms with Gasteiger partial charge in [-0.1, -0.05) is 6.42 Å². The fourth-order valence-corrected chi connectivity index (χ4v) is 2.48. The van der Waals surface area contributed by atoms with E-state index in [0.717, 1.165) is 12.8 Å². The normalized spacial score (nSPS) is 27.5. The van der Waals surface area contributed by atoms with Gasteiger partial charge in [0.1, 0.15) is 6.04 Å². The Morgan fingerprint density at radius 3 is 2.29 bits per heavy atom. The zero-order chi connectivity index (χ0) is 13.0. The van der Waals surface area contributed by atoms with Gasteiger partial charge in [0.05, 0.1) is 0 Å². The first-order valence-corrected chi connectivity index (χ1v) is 6.17. The molecule has 0 saturated carbocycles. The van der Waals surface area contributed by atoms with E-state index in [1.54, 1.807) is 0 Å². The van der Waals surface area contributed by atoms with E-state index < -0.39 is 12.0 Å². The van der Waals surface area contributed by atoms with Crippen LogP contribution in [0.15, 0.2) is 0 Å². The number of nitrogens with zero attached hydrogens (tertiary/aromatic N) is 1. The predicted molar refractivity (Wildman–Crippen MR) is 64.7 cm³/mol. The van der Waals surface area contributed by atoms with Crippen molar-refractivity contribution in [1.82, 2.24) is 10.2 Å². The standard InChI is InChI=1S/C12H22N2O3/c1-8-5-4-6-9(2)14(8)7-11(12(16)17)13-10(3)15/h8-9,11H,4-7H2,1-3H3,(H,13,15)(H,16,17)/t8-,9+,11?. The van der Waals surface area contributed by atoms with E-state index in [1.165, 1.54) is 13.3 Å². The Balaban J connectivity index is 2.64. The molecular formula is C12H22N2O3. The van der Waals surface area contributed by atoms with Crippen LogP contribution in [0.3, 0.4) is 0 Å². The lowest BCUT2D eigenvalue weighted by Crippen LogP contribution is -2.53. The minimum Gasteiger partial charge on any atom is -0.480 e. The zero-order valence-corrected chi connectivity index (χ0v) is 10.8. The summed E-state index contributed by atoms with van der Waals surface area (Å²) in [7, 11) is 0. The highest BCUT2D eigenvalue weighted by molar-refractivity contribution is 5.82. The fraction of sp³-hybridized carbons (Fsp3) is 0.833. The number of aliphatic carboxylic acids is 1. The Labute approximate surface area is 102 Å². The van der Waals surface area contributed by atoms with Crippen LogP contribution in [0.5, 0.6) is 0 Å². The van der Waals surface area contributed by atoms with E-state index in [9.17, 15) is 9.59 Å². The van der Waals surface area contributed by atoms with Gasteiger partial charge in [-0.25, -0.2) is 4.79 Å². The van der Waals surface area contributed by atoms with Gasteiger partial charge in [0, 0.05) is 25.6 Å². The van der Waals surface area contributed by atoms with Gasteiger partial charge in [-0.2, -0.15) is 0 Å². The zero-order valence-electron chi connectivity index (χ0n) is 10.8. The van der Waals surface area contributed by atoms with Crippen molar-refractivity contribution in [3.8, 4) is 0 Å². The molecule has 1 saturated heterocycles. The van der Waals surface area contributed by atoms with Crippen LogP contribution >= 0.6 is 0 Å². The first kappa shape index (κ1) is 14.0. The number of nitrogens with one attached hydrogen (secondary N) is 1. The molecule has 0 aromatic carbocycles. The van der Waals surface area contributed by atoms with Crippen LogP contribution in [0.25, 0.3) is 0 Å². The Morgan fingerprint density at radius 1 is 1.35 bits per heavy atom. The van der Waals surface area contributed by atoms with Crippen LogP contribution in [0, 0.1) is 0 Å². The predicted octanol–water partition coefficient (Wildman–Crippen LogP) is 0.839. The molecule has 1 aliphatic heterocycles. The van der Waals surface area contributed by atoms with Crippen molar-refractivity contribution in [1.29, 1.82) is 0 Å². The molecule has 5 heteroatoms. The van der Waals surface area contributed by atoms with Gasteiger partial charge in [0.15, 0.2) is 0 Å². The molecule has 3 atom stereocenters. The van der Waals surface area contributed by atoms with E-state index in [0.29, 0.717) is 18.6 Å². The summed E-state index contributed by atoms with van der Waals surface area (Å²) in [6.45, 7) is 5.96. The molecule has 2 N–H and O–H groups in total. The number of hydrogen-bond acceptors (Lipinski definition) is 3. The topological polar surface area (TPSA) is 69.6 Å². The first-order chi connectivity index (χ1) is 7.91. The molecule has 0 bridgehead atoms. The molecule has 0 aliphatic carbocycles. The molecule has 1 rings (SSSR count). The van der Waals surface area contributed by atoms with Crippen molar-refractivity contribution in [3.63, 3.8) is 0 Å². The second-order valence-corrected chi connectivity index (χ2v) is 4.92. The molecule has 1 unspecified atom stereocenters. The summed E-state index contributed by atoms with van der Waals surface area (Å²) < 4.78 is 0. The second kappa shape index (κ2) is 6.00. The molecule has 1 fully saturated rings. The number of hydrogen-bond donors (Lipinski definition) is 2. The SMILES string of the molecule is CC(=O)NC(CN1[C@H](C)CCC[C@@H]1C)C(=O)O. The van der Waals surface area contributed by atoms with Gasteiger partial charge >= 0.3 is 5.97 Å². The molecule has 17 heavy (non-hydrogen) atoms. The summed E-state index contributed by atoms with van der Waals surface area (Å²) in [5, 5.41) is 11.6. The summed E-state index contributed by atoms with van der Waals surface area (Å²) in [5.41, 5.74) is 0. The average molecular weight is 242 g/mol. The number of amides is 1. The number of carbonyl (C=O) groups is 2. The maximum atomic E-state index is 11.1. The number of carbonyl (C=O) groups excluding carboxylic acids is 1. The Bertz CT molecular complexity index is 283. The second-order valence-electron chi connectivity index (χ2n) is 4.92. The maximum absolute atomic E-state index is 11.1. The van der Waals surface area contributed by atoms with Crippen molar-refractivity contribution >= 4 is 11.9 Å². The third-order valence-electron chi connectivity index (χ3n) is 3.45. The lowest BCUT2D eigenvalue weighted by molar-refractivity contribution is -0.142. The van der Waals surface area contributed by atoms with E-state index in [1.807, 2.05) is 0 Å². The van der Waals surface area contributed by atoms with E-state index in [2.05, 4.69) is 24.1 Å². The van der Waals surface area contributed by atoms with Gasteiger partial charge in [0.25, 0.3) is 0 Å². The minimum absolute atomic E-state index is 0.297. The van der Waals surface area contributed by atoms with Crippen LogP contribution in [0.4, 0.5) is 0 Å². The van der Waals surface area contributed by atoms with Gasteiger partial charge in [-0.15, -0.1) is 0 Å². The van der Waals surface area contributed by atoms with Crippen molar-refractivity contribution in [2.45, 2.75) is 58.2 Å². The Kier molecular flexibility index (Phi) is 4.93. The molecule has 0 aromatic heterocycles. The average Bonchev–Trinajstić information content (AvgIpc) is 2.21. The molecule has 98 valence electrons. The van der Waals surface area contributed by atoms with Crippen molar-refractivity contribution < 1.29 is 14.7 Å². The Morgan fingerprint density at radius 2 is 1.88 bits per heavy atom. The first-order valence-electron chi connectivity index (χ1n) is 6.17. The summed E-state index contributed by atoms with van der Waals surface area (Å²) in [5.74, 6) is -1.26. The highest BCUT2D eigenvalue weighted by Gasteiger charge is 2.29. The molecule has 1 heterocycles. The van der Waals surface area contributed by atoms with Gasteiger partial charge < -0.3 is 10.4 Å². The molecule has 5 nitrogen and oxygen atoms in total. The highest BCUT2D eigenvalue weighted by Crippen LogP contribution is 2.22.